The van der Waals surface area contributed by atoms with Gasteiger partial charge in [-0.05, 0) is 40.7 Å². The van der Waals surface area contributed by atoms with Gasteiger partial charge in [0.15, 0.2) is 5.13 Å². The third-order valence-electron chi connectivity index (χ3n) is 3.43. The molecule has 4 heteroatoms. The van der Waals surface area contributed by atoms with Gasteiger partial charge in [-0.25, -0.2) is 4.98 Å². The van der Waals surface area contributed by atoms with E-state index in [1.54, 1.807) is 0 Å². The number of nitrogens with one attached hydrogen (secondary N) is 1. The molecule has 0 aliphatic heterocycles. The molecule has 2 atom stereocenters. The van der Waals surface area contributed by atoms with E-state index in [2.05, 4.69) is 51.8 Å². The molecule has 18 heavy (non-hydrogen) atoms. The van der Waals surface area contributed by atoms with Crippen molar-refractivity contribution in [2.24, 2.45) is 0 Å². The molecule has 0 aromatic carbocycles. The maximum Gasteiger partial charge on any atom is 0.186 e. The van der Waals surface area contributed by atoms with Crippen LogP contribution in [0.15, 0.2) is 0 Å². The molecule has 1 aromatic heterocycles. The third-order valence-corrected chi connectivity index (χ3v) is 4.81. The predicted molar refractivity (Wildman–Crippen MR) is 81.7 cm³/mol. The monoisotopic (exact) mass is 269 g/mol. The van der Waals surface area contributed by atoms with Gasteiger partial charge in [-0.3, -0.25) is 0 Å². The lowest BCUT2D eigenvalue weighted by Gasteiger charge is -2.26. The first-order chi connectivity index (χ1) is 8.54. The topological polar surface area (TPSA) is 28.2 Å². The van der Waals surface area contributed by atoms with E-state index in [0.29, 0.717) is 12.1 Å². The molecule has 0 fully saturated rings. The Morgan fingerprint density at radius 1 is 1.28 bits per heavy atom. The van der Waals surface area contributed by atoms with E-state index in [1.165, 1.54) is 15.7 Å². The second-order valence-electron chi connectivity index (χ2n) is 4.77. The van der Waals surface area contributed by atoms with Crippen LogP contribution in [-0.2, 0) is 0 Å². The normalized spacial score (nSPS) is 14.6. The number of thiazole rings is 1. The summed E-state index contributed by atoms with van der Waals surface area (Å²) in [6, 6.07) is 0.958. The van der Waals surface area contributed by atoms with Crippen molar-refractivity contribution in [2.45, 2.75) is 60.0 Å². The van der Waals surface area contributed by atoms with Crippen LogP contribution in [0, 0.1) is 6.92 Å². The second kappa shape index (κ2) is 7.10. The number of nitrogens with zero attached hydrogens (tertiary/aromatic N) is 2. The zero-order valence-electron chi connectivity index (χ0n) is 12.6. The molecule has 0 saturated heterocycles. The second-order valence-corrected chi connectivity index (χ2v) is 5.78. The molecule has 2 unspecified atom stereocenters. The Hall–Kier alpha value is -0.610. The minimum Gasteiger partial charge on any atom is -0.346 e. The Morgan fingerprint density at radius 3 is 2.44 bits per heavy atom. The zero-order chi connectivity index (χ0) is 13.7. The maximum atomic E-state index is 4.76. The van der Waals surface area contributed by atoms with Crippen LogP contribution < -0.4 is 10.2 Å². The molecular weight excluding hydrogens is 242 g/mol. The lowest BCUT2D eigenvalue weighted by molar-refractivity contribution is 0.603. The highest BCUT2D eigenvalue weighted by Crippen LogP contribution is 2.31. The van der Waals surface area contributed by atoms with Crippen LogP contribution in [0.2, 0.25) is 0 Å². The van der Waals surface area contributed by atoms with Gasteiger partial charge >= 0.3 is 0 Å². The molecular formula is C14H27N3S. The summed E-state index contributed by atoms with van der Waals surface area (Å²) in [4.78, 5) is 8.53. The van der Waals surface area contributed by atoms with E-state index in [9.17, 15) is 0 Å². The molecule has 1 N–H and O–H groups in total. The Labute approximate surface area is 116 Å². The molecule has 3 nitrogen and oxygen atoms in total. The van der Waals surface area contributed by atoms with Crippen molar-refractivity contribution in [3.05, 3.63) is 10.6 Å². The fourth-order valence-electron chi connectivity index (χ4n) is 2.17. The summed E-state index contributed by atoms with van der Waals surface area (Å²) in [7, 11) is 0. The minimum atomic E-state index is 0.400. The van der Waals surface area contributed by atoms with Crippen LogP contribution in [0.3, 0.4) is 0 Å². The van der Waals surface area contributed by atoms with Gasteiger partial charge in [-0.1, -0.05) is 13.8 Å². The fraction of sp³-hybridized carbons (Fsp3) is 0.786. The van der Waals surface area contributed by atoms with Crippen molar-refractivity contribution >= 4 is 16.5 Å². The predicted octanol–water partition coefficient (Wildman–Crippen LogP) is 3.75. The van der Waals surface area contributed by atoms with E-state index in [1.807, 2.05) is 11.3 Å². The van der Waals surface area contributed by atoms with E-state index in [0.717, 1.165) is 19.5 Å². The van der Waals surface area contributed by atoms with Crippen molar-refractivity contribution in [2.75, 3.05) is 18.0 Å². The molecule has 0 aliphatic rings. The number of hydrogen-bond donors (Lipinski definition) is 1. The zero-order valence-corrected chi connectivity index (χ0v) is 13.4. The van der Waals surface area contributed by atoms with Crippen LogP contribution in [-0.4, -0.2) is 24.1 Å². The summed E-state index contributed by atoms with van der Waals surface area (Å²) in [5.74, 6) is 0. The highest BCUT2D eigenvalue weighted by Gasteiger charge is 2.19. The highest BCUT2D eigenvalue weighted by atomic mass is 32.1. The van der Waals surface area contributed by atoms with Crippen LogP contribution in [0.5, 0.6) is 0 Å². The number of aryl methyl sites for hydroxylation is 1. The van der Waals surface area contributed by atoms with Crippen molar-refractivity contribution in [3.8, 4) is 0 Å². The Morgan fingerprint density at radius 2 is 1.94 bits per heavy atom. The molecule has 0 saturated carbocycles. The summed E-state index contributed by atoms with van der Waals surface area (Å²) in [6.07, 6.45) is 1.16. The van der Waals surface area contributed by atoms with E-state index in [-0.39, 0.29) is 0 Å². The number of aromatic nitrogens is 1. The lowest BCUT2D eigenvalue weighted by Crippen LogP contribution is -2.32. The van der Waals surface area contributed by atoms with Gasteiger partial charge in [0.25, 0.3) is 0 Å². The molecule has 1 rings (SSSR count). The van der Waals surface area contributed by atoms with Crippen molar-refractivity contribution in [3.63, 3.8) is 0 Å². The maximum absolute atomic E-state index is 4.76. The van der Waals surface area contributed by atoms with Crippen LogP contribution in [0.1, 0.15) is 57.7 Å². The van der Waals surface area contributed by atoms with Gasteiger partial charge in [-0.2, -0.15) is 0 Å². The fourth-order valence-corrected chi connectivity index (χ4v) is 3.43. The minimum absolute atomic E-state index is 0.400. The first-order valence-electron chi connectivity index (χ1n) is 7.02. The third kappa shape index (κ3) is 3.45. The first-order valence-corrected chi connectivity index (χ1v) is 7.84. The molecule has 1 aromatic rings. The van der Waals surface area contributed by atoms with E-state index >= 15 is 0 Å². The Kier molecular flexibility index (Phi) is 6.09. The van der Waals surface area contributed by atoms with Gasteiger partial charge in [0, 0.05) is 23.5 Å². The van der Waals surface area contributed by atoms with Crippen molar-refractivity contribution in [1.29, 1.82) is 0 Å². The van der Waals surface area contributed by atoms with Gasteiger partial charge < -0.3 is 10.2 Å². The molecule has 0 bridgehead atoms. The molecule has 0 spiro atoms. The smallest absolute Gasteiger partial charge is 0.186 e. The molecule has 0 aliphatic carbocycles. The quantitative estimate of drug-likeness (QED) is 0.817. The summed E-state index contributed by atoms with van der Waals surface area (Å²) in [6.45, 7) is 15.2. The number of hydrogen-bond acceptors (Lipinski definition) is 4. The first kappa shape index (κ1) is 15.4. The van der Waals surface area contributed by atoms with Gasteiger partial charge in [0.1, 0.15) is 0 Å². The van der Waals surface area contributed by atoms with Gasteiger partial charge in [0.05, 0.1) is 5.69 Å². The molecule has 104 valence electrons. The number of rotatable bonds is 7. The SMILES string of the molecule is CCNC(C)c1sc(N(CC)C(C)CC)nc1C. The van der Waals surface area contributed by atoms with E-state index < -0.39 is 0 Å². The Balaban J connectivity index is 2.94. The molecule has 0 radical (unpaired) electrons. The van der Waals surface area contributed by atoms with Crippen molar-refractivity contribution < 1.29 is 0 Å². The highest BCUT2D eigenvalue weighted by molar-refractivity contribution is 7.15. The van der Waals surface area contributed by atoms with Gasteiger partial charge in [-0.15, -0.1) is 11.3 Å². The van der Waals surface area contributed by atoms with Gasteiger partial charge in [0.2, 0.25) is 0 Å². The van der Waals surface area contributed by atoms with Crippen LogP contribution >= 0.6 is 11.3 Å². The summed E-state index contributed by atoms with van der Waals surface area (Å²) in [5.41, 5.74) is 1.17. The summed E-state index contributed by atoms with van der Waals surface area (Å²) < 4.78 is 0. The van der Waals surface area contributed by atoms with Crippen LogP contribution in [0.25, 0.3) is 0 Å². The lowest BCUT2D eigenvalue weighted by atomic mass is 10.2. The average Bonchev–Trinajstić information content (AvgIpc) is 2.72. The largest absolute Gasteiger partial charge is 0.346 e. The average molecular weight is 269 g/mol. The van der Waals surface area contributed by atoms with E-state index in [4.69, 9.17) is 4.98 Å². The molecule has 0 amide bonds. The summed E-state index contributed by atoms with van der Waals surface area (Å²) in [5, 5.41) is 4.64. The van der Waals surface area contributed by atoms with Crippen LogP contribution in [0.4, 0.5) is 5.13 Å². The standard InChI is InChI=1S/C14H27N3S/c1-7-10(4)17(9-3)14-16-12(6)13(18-14)11(5)15-8-2/h10-11,15H,7-9H2,1-6H3. The number of anilines is 1. The summed E-state index contributed by atoms with van der Waals surface area (Å²) >= 11 is 1.84. The Bertz CT molecular complexity index is 362. The molecule has 1 heterocycles. The van der Waals surface area contributed by atoms with Crippen molar-refractivity contribution in [1.82, 2.24) is 10.3 Å².